The van der Waals surface area contributed by atoms with Crippen LogP contribution in [0.3, 0.4) is 0 Å². The average molecular weight is 331 g/mol. The van der Waals surface area contributed by atoms with Crippen LogP contribution in [0.2, 0.25) is 0 Å². The third-order valence-electron chi connectivity index (χ3n) is 2.63. The van der Waals surface area contributed by atoms with Crippen LogP contribution in [0, 0.1) is 10.1 Å². The van der Waals surface area contributed by atoms with Crippen LogP contribution in [0.5, 0.6) is 5.75 Å². The SMILES string of the molecule is C=CCOc1ccc(C(=O)N/N=C/c2ccc([N+](=O)[O-])s2)cc1. The van der Waals surface area contributed by atoms with Crippen LogP contribution < -0.4 is 10.2 Å². The first kappa shape index (κ1) is 16.4. The van der Waals surface area contributed by atoms with E-state index in [9.17, 15) is 14.9 Å². The molecule has 1 N–H and O–H groups in total. The number of carbonyl (C=O) groups is 1. The molecule has 1 aromatic carbocycles. The minimum atomic E-state index is -0.476. The lowest BCUT2D eigenvalue weighted by Gasteiger charge is -2.04. The summed E-state index contributed by atoms with van der Waals surface area (Å²) < 4.78 is 5.32. The summed E-state index contributed by atoms with van der Waals surface area (Å²) in [7, 11) is 0. The third-order valence-corrected chi connectivity index (χ3v) is 3.61. The van der Waals surface area contributed by atoms with Gasteiger partial charge in [0.05, 0.1) is 16.0 Å². The summed E-state index contributed by atoms with van der Waals surface area (Å²) >= 11 is 0.974. The molecular formula is C15H13N3O4S. The Morgan fingerprint density at radius 1 is 1.35 bits per heavy atom. The van der Waals surface area contributed by atoms with Crippen LogP contribution in [0.1, 0.15) is 15.2 Å². The van der Waals surface area contributed by atoms with E-state index in [1.165, 1.54) is 12.3 Å². The number of amides is 1. The molecule has 0 fully saturated rings. The van der Waals surface area contributed by atoms with E-state index in [2.05, 4.69) is 17.1 Å². The summed E-state index contributed by atoms with van der Waals surface area (Å²) in [5.74, 6) is 0.249. The van der Waals surface area contributed by atoms with E-state index in [0.29, 0.717) is 22.8 Å². The number of ether oxygens (including phenoxy) is 1. The smallest absolute Gasteiger partial charge is 0.324 e. The lowest BCUT2D eigenvalue weighted by Crippen LogP contribution is -2.17. The zero-order chi connectivity index (χ0) is 16.7. The molecule has 0 atom stereocenters. The number of hydrogen-bond donors (Lipinski definition) is 1. The molecule has 2 aromatic rings. The van der Waals surface area contributed by atoms with Crippen LogP contribution in [0.25, 0.3) is 0 Å². The van der Waals surface area contributed by atoms with E-state index < -0.39 is 4.92 Å². The molecule has 1 heterocycles. The molecule has 0 radical (unpaired) electrons. The first-order valence-electron chi connectivity index (χ1n) is 6.51. The maximum Gasteiger partial charge on any atom is 0.324 e. The molecule has 0 saturated heterocycles. The zero-order valence-electron chi connectivity index (χ0n) is 12.0. The highest BCUT2D eigenvalue weighted by Gasteiger charge is 2.08. The van der Waals surface area contributed by atoms with Crippen LogP contribution >= 0.6 is 11.3 Å². The van der Waals surface area contributed by atoms with E-state index in [1.807, 2.05) is 0 Å². The summed E-state index contributed by atoms with van der Waals surface area (Å²) in [6, 6.07) is 9.51. The fourth-order valence-corrected chi connectivity index (χ4v) is 2.28. The van der Waals surface area contributed by atoms with Crippen LogP contribution in [-0.2, 0) is 0 Å². The van der Waals surface area contributed by atoms with Crippen molar-refractivity contribution >= 4 is 28.5 Å². The predicted molar refractivity (Wildman–Crippen MR) is 88.2 cm³/mol. The topological polar surface area (TPSA) is 93.8 Å². The molecule has 0 aliphatic carbocycles. The Bertz CT molecular complexity index is 737. The standard InChI is InChI=1S/C15H13N3O4S/c1-2-9-22-12-5-3-11(4-6-12)15(19)17-16-10-13-7-8-14(23-13)18(20)21/h2-8,10H,1,9H2,(H,17,19)/b16-10+. The van der Waals surface area contributed by atoms with Crippen molar-refractivity contribution in [3.63, 3.8) is 0 Å². The van der Waals surface area contributed by atoms with E-state index in [1.54, 1.807) is 36.4 Å². The van der Waals surface area contributed by atoms with E-state index in [4.69, 9.17) is 4.74 Å². The van der Waals surface area contributed by atoms with Crippen molar-refractivity contribution in [2.24, 2.45) is 5.10 Å². The minimum absolute atomic E-state index is 0.0212. The third kappa shape index (κ3) is 4.75. The molecule has 23 heavy (non-hydrogen) atoms. The monoisotopic (exact) mass is 331 g/mol. The van der Waals surface area contributed by atoms with Crippen molar-refractivity contribution in [2.45, 2.75) is 0 Å². The van der Waals surface area contributed by atoms with Crippen molar-refractivity contribution in [2.75, 3.05) is 6.61 Å². The van der Waals surface area contributed by atoms with Crippen molar-refractivity contribution < 1.29 is 14.5 Å². The maximum absolute atomic E-state index is 11.9. The van der Waals surface area contributed by atoms with Gasteiger partial charge in [-0.1, -0.05) is 24.0 Å². The molecular weight excluding hydrogens is 318 g/mol. The summed E-state index contributed by atoms with van der Waals surface area (Å²) in [5.41, 5.74) is 2.78. The molecule has 0 spiro atoms. The predicted octanol–water partition coefficient (Wildman–Crippen LogP) is 2.99. The van der Waals surface area contributed by atoms with Crippen LogP contribution in [0.15, 0.2) is 54.2 Å². The second kappa shape index (κ2) is 7.85. The van der Waals surface area contributed by atoms with Gasteiger partial charge in [0.1, 0.15) is 12.4 Å². The molecule has 0 saturated carbocycles. The van der Waals surface area contributed by atoms with Crippen molar-refractivity contribution in [3.8, 4) is 5.75 Å². The molecule has 1 amide bonds. The lowest BCUT2D eigenvalue weighted by molar-refractivity contribution is -0.380. The molecule has 0 aliphatic rings. The first-order chi connectivity index (χ1) is 11.1. The minimum Gasteiger partial charge on any atom is -0.490 e. The summed E-state index contributed by atoms with van der Waals surface area (Å²) in [5, 5.41) is 14.4. The average Bonchev–Trinajstić information content (AvgIpc) is 3.02. The number of carbonyl (C=O) groups excluding carboxylic acids is 1. The Balaban J connectivity index is 1.91. The number of rotatable bonds is 7. The Morgan fingerprint density at radius 3 is 2.70 bits per heavy atom. The van der Waals surface area contributed by atoms with Gasteiger partial charge in [-0.15, -0.1) is 0 Å². The van der Waals surface area contributed by atoms with E-state index in [0.717, 1.165) is 11.3 Å². The lowest BCUT2D eigenvalue weighted by atomic mass is 10.2. The number of nitro groups is 1. The summed E-state index contributed by atoms with van der Waals surface area (Å²) in [4.78, 5) is 22.5. The van der Waals surface area contributed by atoms with E-state index in [-0.39, 0.29) is 10.9 Å². The Kier molecular flexibility index (Phi) is 5.59. The molecule has 1 aromatic heterocycles. The number of nitrogens with one attached hydrogen (secondary N) is 1. The number of hydrogen-bond acceptors (Lipinski definition) is 6. The van der Waals surface area contributed by atoms with Gasteiger partial charge >= 0.3 is 5.00 Å². The Morgan fingerprint density at radius 2 is 2.09 bits per heavy atom. The zero-order valence-corrected chi connectivity index (χ0v) is 12.8. The quantitative estimate of drug-likeness (QED) is 0.365. The van der Waals surface area contributed by atoms with Gasteiger partial charge in [0.15, 0.2) is 0 Å². The van der Waals surface area contributed by atoms with Gasteiger partial charge in [-0.2, -0.15) is 5.10 Å². The van der Waals surface area contributed by atoms with Crippen molar-refractivity contribution in [3.05, 3.63) is 69.6 Å². The second-order valence-corrected chi connectivity index (χ2v) is 5.35. The summed E-state index contributed by atoms with van der Waals surface area (Å²) in [6.45, 7) is 3.94. The highest BCUT2D eigenvalue weighted by Crippen LogP contribution is 2.22. The molecule has 8 heteroatoms. The van der Waals surface area contributed by atoms with Gasteiger partial charge in [0, 0.05) is 11.6 Å². The Labute approximate surface area is 136 Å². The van der Waals surface area contributed by atoms with Gasteiger partial charge in [-0.25, -0.2) is 5.43 Å². The molecule has 0 unspecified atom stereocenters. The van der Waals surface area contributed by atoms with Crippen molar-refractivity contribution in [1.29, 1.82) is 0 Å². The number of thiophene rings is 1. The van der Waals surface area contributed by atoms with Gasteiger partial charge in [-0.3, -0.25) is 14.9 Å². The van der Waals surface area contributed by atoms with E-state index >= 15 is 0 Å². The molecule has 2 rings (SSSR count). The van der Waals surface area contributed by atoms with Gasteiger partial charge in [-0.05, 0) is 30.3 Å². The Hall–Kier alpha value is -3.00. The summed E-state index contributed by atoms with van der Waals surface area (Å²) in [6.07, 6.45) is 2.99. The van der Waals surface area contributed by atoms with Gasteiger partial charge < -0.3 is 4.74 Å². The van der Waals surface area contributed by atoms with Gasteiger partial charge in [0.2, 0.25) is 0 Å². The normalized spacial score (nSPS) is 10.4. The second-order valence-electron chi connectivity index (χ2n) is 4.26. The molecule has 7 nitrogen and oxygen atoms in total. The fourth-order valence-electron chi connectivity index (χ4n) is 1.59. The molecule has 0 bridgehead atoms. The number of nitrogens with zero attached hydrogens (tertiary/aromatic N) is 2. The van der Waals surface area contributed by atoms with Gasteiger partial charge in [0.25, 0.3) is 5.91 Å². The number of hydrazone groups is 1. The van der Waals surface area contributed by atoms with Crippen LogP contribution in [-0.4, -0.2) is 23.7 Å². The van der Waals surface area contributed by atoms with Crippen molar-refractivity contribution in [1.82, 2.24) is 5.43 Å². The first-order valence-corrected chi connectivity index (χ1v) is 7.33. The highest BCUT2D eigenvalue weighted by molar-refractivity contribution is 7.16. The van der Waals surface area contributed by atoms with Crippen LogP contribution in [0.4, 0.5) is 5.00 Å². The largest absolute Gasteiger partial charge is 0.490 e. The molecule has 0 aliphatic heterocycles. The maximum atomic E-state index is 11.9. The highest BCUT2D eigenvalue weighted by atomic mass is 32.1. The number of benzene rings is 1. The molecule has 118 valence electrons. The fraction of sp³-hybridized carbons (Fsp3) is 0.0667.